The van der Waals surface area contributed by atoms with Crippen LogP contribution in [0.5, 0.6) is 0 Å². The van der Waals surface area contributed by atoms with E-state index in [4.69, 9.17) is 26.0 Å². The summed E-state index contributed by atoms with van der Waals surface area (Å²) >= 11 is 6.83. The van der Waals surface area contributed by atoms with E-state index in [1.165, 1.54) is 21.7 Å². The van der Waals surface area contributed by atoms with Gasteiger partial charge in [-0.2, -0.15) is 5.10 Å². The monoisotopic (exact) mass is 921 g/mol. The normalized spacial score (nSPS) is 20.8. The number of halogens is 2. The van der Waals surface area contributed by atoms with Gasteiger partial charge in [-0.15, -0.1) is 0 Å². The zero-order valence-corrected chi connectivity index (χ0v) is 38.5. The van der Waals surface area contributed by atoms with E-state index in [0.29, 0.717) is 100 Å². The smallest absolute Gasteiger partial charge is 0.381 e. The van der Waals surface area contributed by atoms with Gasteiger partial charge >= 0.3 is 11.4 Å². The van der Waals surface area contributed by atoms with Gasteiger partial charge in [0.1, 0.15) is 22.9 Å². The Balaban J connectivity index is 1.12. The molecule has 4 aromatic heterocycles. The van der Waals surface area contributed by atoms with Gasteiger partial charge in [-0.25, -0.2) is 27.2 Å². The van der Waals surface area contributed by atoms with Crippen LogP contribution in [0, 0.1) is 25.6 Å². The van der Waals surface area contributed by atoms with E-state index in [-0.39, 0.29) is 22.7 Å². The highest BCUT2D eigenvalue weighted by atomic mass is 35.5. The average Bonchev–Trinajstić information content (AvgIpc) is 3.80. The quantitative estimate of drug-likeness (QED) is 0.153. The van der Waals surface area contributed by atoms with Crippen LogP contribution in [-0.2, 0) is 26.4 Å². The minimum absolute atomic E-state index is 0.0106. The Kier molecular flexibility index (Phi) is 10.5. The molecule has 1 unspecified atom stereocenters. The largest absolute Gasteiger partial charge is 0.438 e. The number of benzene rings is 3. The van der Waals surface area contributed by atoms with Crippen LogP contribution in [0.3, 0.4) is 0 Å². The maximum atomic E-state index is 15.5. The molecule has 0 spiro atoms. The third kappa shape index (κ3) is 6.75. The lowest BCUT2D eigenvalue weighted by molar-refractivity contribution is 0.0663. The molecule has 2 aliphatic heterocycles. The number of rotatable bonds is 9. The highest BCUT2D eigenvalue weighted by Gasteiger charge is 2.59. The van der Waals surface area contributed by atoms with Gasteiger partial charge in [0.2, 0.25) is 0 Å². The molecule has 6 heterocycles. The van der Waals surface area contributed by atoms with Gasteiger partial charge in [0.05, 0.1) is 37.9 Å². The number of imidazole rings is 1. The number of amides is 1. The van der Waals surface area contributed by atoms with E-state index in [1.807, 2.05) is 17.6 Å². The number of nitrogens with one attached hydrogen (secondary N) is 1. The summed E-state index contributed by atoms with van der Waals surface area (Å²) in [5.74, 6) is 0.123. The summed E-state index contributed by atoms with van der Waals surface area (Å²) in [7, 11) is -1.18. The molecule has 10 rings (SSSR count). The number of H-pyrrole nitrogens is 1. The SMILES string of the molecule is CCS(=O)(=NC)c1ccc(-n2ccn(-c3c4c(nn3-c3cc(C)c(F)c(C)c3)CCN(C(=O)c3cc5cc(C6CCOCC6)ccc5n3[C@@]3(c5noc(=O)[nH]5)C[C@@H]3C)[C@H]4C)c2=O)c(Cl)c1. The van der Waals surface area contributed by atoms with Gasteiger partial charge in [-0.3, -0.25) is 23.4 Å². The second-order valence-electron chi connectivity index (χ2n) is 17.5. The van der Waals surface area contributed by atoms with Gasteiger partial charge in [-0.1, -0.05) is 36.7 Å². The van der Waals surface area contributed by atoms with Crippen LogP contribution in [0.2, 0.25) is 5.02 Å². The summed E-state index contributed by atoms with van der Waals surface area (Å²) in [6, 6.07) is 16.0. The van der Waals surface area contributed by atoms with Crippen LogP contribution in [0.25, 0.3) is 28.1 Å². The molecule has 3 aliphatic rings. The summed E-state index contributed by atoms with van der Waals surface area (Å²) in [6.45, 7) is 10.8. The van der Waals surface area contributed by atoms with Crippen molar-refractivity contribution in [3.8, 4) is 17.2 Å². The molecule has 18 heteroatoms. The van der Waals surface area contributed by atoms with Crippen LogP contribution in [0.1, 0.15) is 96.3 Å². The molecule has 65 heavy (non-hydrogen) atoms. The molecule has 7 aromatic rings. The number of aromatic nitrogens is 7. The molecule has 1 saturated carbocycles. The van der Waals surface area contributed by atoms with Crippen molar-refractivity contribution >= 4 is 38.1 Å². The molecule has 1 aliphatic carbocycles. The van der Waals surface area contributed by atoms with Gasteiger partial charge in [0.15, 0.2) is 5.82 Å². The predicted octanol–water partition coefficient (Wildman–Crippen LogP) is 7.77. The first kappa shape index (κ1) is 42.9. The Morgan fingerprint density at radius 3 is 2.40 bits per heavy atom. The molecule has 15 nitrogen and oxygen atoms in total. The molecular formula is C47H49ClFN9O6S. The highest BCUT2D eigenvalue weighted by molar-refractivity contribution is 7.93. The second kappa shape index (κ2) is 15.8. The van der Waals surface area contributed by atoms with Crippen molar-refractivity contribution in [1.29, 1.82) is 0 Å². The Bertz CT molecular complexity index is 3300. The number of ether oxygens (including phenoxy) is 1. The number of hydrogen-bond acceptors (Lipinski definition) is 9. The summed E-state index contributed by atoms with van der Waals surface area (Å²) in [5.41, 5.74) is 4.19. The lowest BCUT2D eigenvalue weighted by Gasteiger charge is -2.34. The molecule has 338 valence electrons. The topological polar surface area (TPSA) is 168 Å². The van der Waals surface area contributed by atoms with Gasteiger partial charge < -0.3 is 14.2 Å². The Morgan fingerprint density at radius 1 is 1.03 bits per heavy atom. The molecule has 3 aromatic carbocycles. The lowest BCUT2D eigenvalue weighted by Crippen LogP contribution is -2.41. The summed E-state index contributed by atoms with van der Waals surface area (Å²) in [4.78, 5) is 47.7. The fourth-order valence-corrected chi connectivity index (χ4v) is 11.9. The molecule has 1 N–H and O–H groups in total. The number of aryl methyl sites for hydroxylation is 2. The predicted molar refractivity (Wildman–Crippen MR) is 244 cm³/mol. The van der Waals surface area contributed by atoms with Crippen molar-refractivity contribution < 1.29 is 22.7 Å². The van der Waals surface area contributed by atoms with Crippen molar-refractivity contribution in [2.75, 3.05) is 32.6 Å². The van der Waals surface area contributed by atoms with Crippen LogP contribution < -0.4 is 11.4 Å². The standard InChI is InChI=1S/C47H49ClFN9O6S/c1-7-65(62,50-6)34-9-11-38(35(48)24-34)55-16-17-56(46(55)61)42-40-29(5)54(15-12-36(40)52-58(42)33-20-26(2)41(49)27(3)21-33)43(59)39-23-32-22-31(30-13-18-63-19-14-30)8-10-37(32)57(39)47(25-28(47)4)44-51-45(60)64-53-44/h8-11,16-17,20-24,28-30H,7,12-15,18-19,25H2,1-6H3,(H,51,53,60)/t28-,29-,47-,65?/m0/s1. The van der Waals surface area contributed by atoms with Crippen molar-refractivity contribution in [1.82, 2.24) is 38.5 Å². The minimum Gasteiger partial charge on any atom is -0.381 e. The number of hydrogen-bond donors (Lipinski definition) is 1. The molecule has 4 atom stereocenters. The summed E-state index contributed by atoms with van der Waals surface area (Å²) in [6.07, 6.45) is 6.01. The molecule has 1 saturated heterocycles. The van der Waals surface area contributed by atoms with E-state index >= 15 is 9.18 Å². The number of fused-ring (bicyclic) bond motifs is 2. The van der Waals surface area contributed by atoms with Crippen molar-refractivity contribution in [2.45, 2.75) is 82.7 Å². The first-order valence-electron chi connectivity index (χ1n) is 21.9. The van der Waals surface area contributed by atoms with Gasteiger partial charge in [0.25, 0.3) is 5.91 Å². The van der Waals surface area contributed by atoms with Crippen LogP contribution in [0.15, 0.2) is 90.4 Å². The Hall–Kier alpha value is -6.04. The zero-order valence-electron chi connectivity index (χ0n) is 36.9. The number of nitrogens with zero attached hydrogens (tertiary/aromatic N) is 8. The Morgan fingerprint density at radius 2 is 1.75 bits per heavy atom. The number of carbonyl (C=O) groups excluding carboxylic acids is 1. The van der Waals surface area contributed by atoms with Crippen LogP contribution in [-0.4, -0.2) is 81.2 Å². The van der Waals surface area contributed by atoms with Gasteiger partial charge in [-0.05, 0) is 117 Å². The fraction of sp³-hybridized carbons (Fsp3) is 0.383. The first-order chi connectivity index (χ1) is 31.2. The average molecular weight is 922 g/mol. The fourth-order valence-electron chi connectivity index (χ4n) is 10.2. The summed E-state index contributed by atoms with van der Waals surface area (Å²) < 4.78 is 49.9. The maximum absolute atomic E-state index is 15.5. The van der Waals surface area contributed by atoms with Crippen LogP contribution in [0.4, 0.5) is 4.39 Å². The second-order valence-corrected chi connectivity index (χ2v) is 20.6. The zero-order chi connectivity index (χ0) is 45.7. The minimum atomic E-state index is -2.69. The maximum Gasteiger partial charge on any atom is 0.438 e. The van der Waals surface area contributed by atoms with Crippen molar-refractivity contribution in [3.05, 3.63) is 138 Å². The van der Waals surface area contributed by atoms with E-state index in [9.17, 15) is 13.8 Å². The molecule has 0 bridgehead atoms. The summed E-state index contributed by atoms with van der Waals surface area (Å²) in [5, 5.41) is 10.4. The Labute approximate surface area is 378 Å². The first-order valence-corrected chi connectivity index (χ1v) is 24.0. The van der Waals surface area contributed by atoms with E-state index < -0.39 is 32.8 Å². The lowest BCUT2D eigenvalue weighted by atomic mass is 9.91. The molecule has 2 fully saturated rings. The molecule has 1 amide bonds. The van der Waals surface area contributed by atoms with Gasteiger partial charge in [0, 0.05) is 72.7 Å². The van der Waals surface area contributed by atoms with Crippen molar-refractivity contribution in [2.24, 2.45) is 10.3 Å². The number of carbonyl (C=O) groups is 1. The van der Waals surface area contributed by atoms with Crippen molar-refractivity contribution in [3.63, 3.8) is 0 Å². The molecule has 0 radical (unpaired) electrons. The van der Waals surface area contributed by atoms with E-state index in [0.717, 1.165) is 23.7 Å². The third-order valence-electron chi connectivity index (χ3n) is 13.9. The molecular weight excluding hydrogens is 873 g/mol. The highest BCUT2D eigenvalue weighted by Crippen LogP contribution is 2.56. The number of aromatic amines is 1. The van der Waals surface area contributed by atoms with E-state index in [2.05, 4.69) is 39.6 Å². The third-order valence-corrected chi connectivity index (χ3v) is 16.5. The van der Waals surface area contributed by atoms with Crippen LogP contribution >= 0.6 is 11.6 Å². The van der Waals surface area contributed by atoms with E-state index in [1.54, 1.807) is 73.1 Å².